The molecule has 0 radical (unpaired) electrons. The van der Waals surface area contributed by atoms with Crippen molar-refractivity contribution in [2.75, 3.05) is 5.43 Å². The van der Waals surface area contributed by atoms with Crippen LogP contribution in [-0.4, -0.2) is 21.4 Å². The smallest absolute Gasteiger partial charge is 0.210 e. The third kappa shape index (κ3) is 3.27. The molecule has 4 rings (SSSR count). The number of fused-ring (bicyclic) bond motifs is 1. The molecule has 138 valence electrons. The maximum atomic E-state index is 13.2. The fourth-order valence-electron chi connectivity index (χ4n) is 3.13. The Morgan fingerprint density at radius 3 is 2.64 bits per heavy atom. The van der Waals surface area contributed by atoms with Gasteiger partial charge in [-0.25, -0.2) is 9.37 Å². The molecule has 1 aromatic carbocycles. The number of ketones is 1. The third-order valence-electron chi connectivity index (χ3n) is 4.50. The Labute approximate surface area is 161 Å². The number of benzene rings is 1. The number of nitrogens with one attached hydrogen (secondary N) is 1. The minimum atomic E-state index is -0.373. The normalized spacial score (nSPS) is 11.2. The first-order valence-corrected chi connectivity index (χ1v) is 8.75. The maximum absolute atomic E-state index is 13.2. The first kappa shape index (κ1) is 17.6. The Balaban J connectivity index is 1.75. The number of rotatable bonds is 5. The van der Waals surface area contributed by atoms with Crippen LogP contribution in [0.5, 0.6) is 0 Å². The highest BCUT2D eigenvalue weighted by Crippen LogP contribution is 2.24. The second-order valence-electron chi connectivity index (χ2n) is 6.26. The van der Waals surface area contributed by atoms with Gasteiger partial charge in [0.25, 0.3) is 0 Å². The van der Waals surface area contributed by atoms with Gasteiger partial charge in [0.1, 0.15) is 11.6 Å². The van der Waals surface area contributed by atoms with Gasteiger partial charge < -0.3 is 4.40 Å². The number of hydrogen-bond acceptors (Lipinski definition) is 4. The van der Waals surface area contributed by atoms with E-state index < -0.39 is 0 Å². The summed E-state index contributed by atoms with van der Waals surface area (Å²) in [4.78, 5) is 17.2. The van der Waals surface area contributed by atoms with E-state index in [-0.39, 0.29) is 11.6 Å². The maximum Gasteiger partial charge on any atom is 0.210 e. The zero-order valence-electron chi connectivity index (χ0n) is 15.1. The molecule has 3 aromatic heterocycles. The second-order valence-corrected chi connectivity index (χ2v) is 6.26. The van der Waals surface area contributed by atoms with Crippen molar-refractivity contribution in [2.24, 2.45) is 5.10 Å². The van der Waals surface area contributed by atoms with Crippen molar-refractivity contribution in [2.45, 2.75) is 6.92 Å². The van der Waals surface area contributed by atoms with Crippen LogP contribution in [-0.2, 0) is 0 Å². The van der Waals surface area contributed by atoms with Crippen molar-refractivity contribution >= 4 is 23.3 Å². The van der Waals surface area contributed by atoms with E-state index in [0.717, 1.165) is 16.6 Å². The SMILES string of the molecule is Cc1c(C=NNc2ccccn2)c2ccccn2c1C(=O)c1ccc(F)cc1. The van der Waals surface area contributed by atoms with E-state index in [1.165, 1.54) is 24.3 Å². The van der Waals surface area contributed by atoms with Crippen molar-refractivity contribution in [3.63, 3.8) is 0 Å². The molecule has 0 aliphatic rings. The predicted octanol–water partition coefficient (Wildman–Crippen LogP) is 4.46. The summed E-state index contributed by atoms with van der Waals surface area (Å²) in [6, 6.07) is 16.8. The number of anilines is 1. The van der Waals surface area contributed by atoms with Crippen LogP contribution in [0.4, 0.5) is 10.2 Å². The first-order valence-electron chi connectivity index (χ1n) is 8.75. The number of carbonyl (C=O) groups excluding carboxylic acids is 1. The Bertz CT molecular complexity index is 1160. The zero-order valence-corrected chi connectivity index (χ0v) is 15.1. The van der Waals surface area contributed by atoms with Crippen molar-refractivity contribution < 1.29 is 9.18 Å². The van der Waals surface area contributed by atoms with Crippen LogP contribution in [0, 0.1) is 12.7 Å². The molecule has 4 aromatic rings. The molecular formula is C22H17FN4O. The molecule has 0 spiro atoms. The highest BCUT2D eigenvalue weighted by Gasteiger charge is 2.20. The number of aromatic nitrogens is 2. The molecule has 28 heavy (non-hydrogen) atoms. The summed E-state index contributed by atoms with van der Waals surface area (Å²) in [6.45, 7) is 1.88. The fraction of sp³-hybridized carbons (Fsp3) is 0.0455. The molecule has 0 aliphatic heterocycles. The fourth-order valence-corrected chi connectivity index (χ4v) is 3.13. The van der Waals surface area contributed by atoms with Gasteiger partial charge in [-0.3, -0.25) is 10.2 Å². The summed E-state index contributed by atoms with van der Waals surface area (Å²) >= 11 is 0. The second kappa shape index (κ2) is 7.44. The molecule has 5 nitrogen and oxygen atoms in total. The average Bonchev–Trinajstić information content (AvgIpc) is 3.00. The molecule has 0 atom stereocenters. The standard InChI is InChI=1S/C22H17FN4O/c1-15-18(14-25-26-20-7-2-4-12-24-20)19-6-3-5-13-27(19)21(15)22(28)16-8-10-17(23)11-9-16/h2-14H,1H3,(H,24,26). The number of nitrogens with zero attached hydrogens (tertiary/aromatic N) is 3. The van der Waals surface area contributed by atoms with E-state index >= 15 is 0 Å². The lowest BCUT2D eigenvalue weighted by Crippen LogP contribution is -2.07. The lowest BCUT2D eigenvalue weighted by atomic mass is 10.0. The van der Waals surface area contributed by atoms with Crippen LogP contribution in [0.15, 0.2) is 78.2 Å². The Hall–Kier alpha value is -3.80. The van der Waals surface area contributed by atoms with Gasteiger partial charge in [0, 0.05) is 23.5 Å². The van der Waals surface area contributed by atoms with Crippen LogP contribution in [0.25, 0.3) is 5.52 Å². The first-order chi connectivity index (χ1) is 13.6. The summed E-state index contributed by atoms with van der Waals surface area (Å²) in [7, 11) is 0. The van der Waals surface area contributed by atoms with Gasteiger partial charge in [-0.2, -0.15) is 5.10 Å². The van der Waals surface area contributed by atoms with E-state index in [2.05, 4.69) is 15.5 Å². The molecule has 0 fully saturated rings. The Morgan fingerprint density at radius 2 is 1.89 bits per heavy atom. The van der Waals surface area contributed by atoms with Crippen LogP contribution in [0.1, 0.15) is 27.2 Å². The molecule has 3 heterocycles. The summed E-state index contributed by atoms with van der Waals surface area (Å²) in [5, 5.41) is 4.27. The Morgan fingerprint density at radius 1 is 1.11 bits per heavy atom. The molecular weight excluding hydrogens is 355 g/mol. The van der Waals surface area contributed by atoms with Gasteiger partial charge >= 0.3 is 0 Å². The van der Waals surface area contributed by atoms with E-state index in [4.69, 9.17) is 0 Å². The number of pyridine rings is 2. The van der Waals surface area contributed by atoms with Crippen molar-refractivity contribution in [3.8, 4) is 0 Å². The van der Waals surface area contributed by atoms with Gasteiger partial charge in [-0.1, -0.05) is 12.1 Å². The largest absolute Gasteiger partial charge is 0.313 e. The number of carbonyl (C=O) groups is 1. The lowest BCUT2D eigenvalue weighted by molar-refractivity contribution is 0.103. The number of halogens is 1. The van der Waals surface area contributed by atoms with Crippen LogP contribution >= 0.6 is 0 Å². The molecule has 0 saturated heterocycles. The summed E-state index contributed by atoms with van der Waals surface area (Å²) in [5.41, 5.74) is 6.33. The molecule has 0 amide bonds. The summed E-state index contributed by atoms with van der Waals surface area (Å²) in [5.74, 6) is 0.0836. The van der Waals surface area contributed by atoms with Crippen molar-refractivity contribution in [3.05, 3.63) is 101 Å². The van der Waals surface area contributed by atoms with Crippen molar-refractivity contribution in [1.29, 1.82) is 0 Å². The van der Waals surface area contributed by atoms with Crippen LogP contribution in [0.2, 0.25) is 0 Å². The minimum absolute atomic E-state index is 0.170. The Kier molecular flexibility index (Phi) is 4.68. The zero-order chi connectivity index (χ0) is 19.5. The van der Waals surface area contributed by atoms with E-state index in [1.807, 2.05) is 53.9 Å². The van der Waals surface area contributed by atoms with Crippen LogP contribution < -0.4 is 5.43 Å². The number of hydrogen-bond donors (Lipinski definition) is 1. The highest BCUT2D eigenvalue weighted by molar-refractivity contribution is 6.11. The molecule has 0 bridgehead atoms. The lowest BCUT2D eigenvalue weighted by Gasteiger charge is -2.04. The van der Waals surface area contributed by atoms with Crippen molar-refractivity contribution in [1.82, 2.24) is 9.38 Å². The molecule has 1 N–H and O–H groups in total. The average molecular weight is 372 g/mol. The monoisotopic (exact) mass is 372 g/mol. The van der Waals surface area contributed by atoms with Gasteiger partial charge in [0.2, 0.25) is 5.78 Å². The topological polar surface area (TPSA) is 58.8 Å². The van der Waals surface area contributed by atoms with E-state index in [9.17, 15) is 9.18 Å². The summed E-state index contributed by atoms with van der Waals surface area (Å²) in [6.07, 6.45) is 5.19. The third-order valence-corrected chi connectivity index (χ3v) is 4.50. The molecule has 6 heteroatoms. The highest BCUT2D eigenvalue weighted by atomic mass is 19.1. The molecule has 0 saturated carbocycles. The van der Waals surface area contributed by atoms with Gasteiger partial charge in [-0.15, -0.1) is 0 Å². The predicted molar refractivity (Wildman–Crippen MR) is 107 cm³/mol. The van der Waals surface area contributed by atoms with Gasteiger partial charge in [0.05, 0.1) is 17.4 Å². The van der Waals surface area contributed by atoms with Gasteiger partial charge in [0.15, 0.2) is 0 Å². The van der Waals surface area contributed by atoms with Crippen LogP contribution in [0.3, 0.4) is 0 Å². The minimum Gasteiger partial charge on any atom is -0.313 e. The summed E-state index contributed by atoms with van der Waals surface area (Å²) < 4.78 is 15.1. The van der Waals surface area contributed by atoms with E-state index in [1.54, 1.807) is 12.4 Å². The van der Waals surface area contributed by atoms with E-state index in [0.29, 0.717) is 17.1 Å². The number of hydrazone groups is 1. The quantitative estimate of drug-likeness (QED) is 0.320. The molecule has 0 unspecified atom stereocenters. The molecule has 0 aliphatic carbocycles. The van der Waals surface area contributed by atoms with Gasteiger partial charge in [-0.05, 0) is 61.0 Å².